The van der Waals surface area contributed by atoms with Crippen LogP contribution in [0.4, 0.5) is 10.1 Å². The minimum Gasteiger partial charge on any atom is -0.393 e. The van der Waals surface area contributed by atoms with Crippen LogP contribution in [0.1, 0.15) is 37.0 Å². The molecule has 1 aromatic rings. The second-order valence-corrected chi connectivity index (χ2v) is 5.67. The van der Waals surface area contributed by atoms with Gasteiger partial charge in [-0.15, -0.1) is 0 Å². The summed E-state index contributed by atoms with van der Waals surface area (Å²) in [5, 5.41) is 12.8. The number of para-hydroxylation sites is 1. The first kappa shape index (κ1) is 15.8. The Labute approximate surface area is 125 Å². The minimum absolute atomic E-state index is 0.0447. The SMILES string of the molecule is CCCNc1c(F)cccc1C(=O)N1CCC(O)C(C)C1. The lowest BCUT2D eigenvalue weighted by atomic mass is 9.96. The molecule has 1 amide bonds. The van der Waals surface area contributed by atoms with E-state index in [1.54, 1.807) is 17.0 Å². The summed E-state index contributed by atoms with van der Waals surface area (Å²) < 4.78 is 14.0. The van der Waals surface area contributed by atoms with Crippen molar-refractivity contribution in [1.82, 2.24) is 4.90 Å². The highest BCUT2D eigenvalue weighted by Crippen LogP contribution is 2.24. The maximum atomic E-state index is 14.0. The van der Waals surface area contributed by atoms with Crippen LogP contribution in [0.15, 0.2) is 18.2 Å². The summed E-state index contributed by atoms with van der Waals surface area (Å²) in [6.45, 7) is 5.54. The van der Waals surface area contributed by atoms with Gasteiger partial charge in [0.05, 0.1) is 17.4 Å². The molecule has 1 aliphatic rings. The maximum absolute atomic E-state index is 14.0. The molecule has 116 valence electrons. The number of carbonyl (C=O) groups excluding carboxylic acids is 1. The van der Waals surface area contributed by atoms with E-state index >= 15 is 0 Å². The van der Waals surface area contributed by atoms with Crippen molar-refractivity contribution in [3.05, 3.63) is 29.6 Å². The number of benzene rings is 1. The number of nitrogens with one attached hydrogen (secondary N) is 1. The molecule has 0 radical (unpaired) electrons. The van der Waals surface area contributed by atoms with Crippen molar-refractivity contribution in [3.8, 4) is 0 Å². The van der Waals surface area contributed by atoms with Crippen LogP contribution in [0, 0.1) is 11.7 Å². The van der Waals surface area contributed by atoms with Crippen LogP contribution in [0.25, 0.3) is 0 Å². The molecule has 2 N–H and O–H groups in total. The third-order valence-corrected chi connectivity index (χ3v) is 3.94. The van der Waals surface area contributed by atoms with Gasteiger partial charge < -0.3 is 15.3 Å². The van der Waals surface area contributed by atoms with Gasteiger partial charge >= 0.3 is 0 Å². The molecule has 21 heavy (non-hydrogen) atoms. The zero-order chi connectivity index (χ0) is 15.4. The highest BCUT2D eigenvalue weighted by Gasteiger charge is 2.29. The monoisotopic (exact) mass is 294 g/mol. The number of hydrogen-bond acceptors (Lipinski definition) is 3. The van der Waals surface area contributed by atoms with Gasteiger partial charge in [0.15, 0.2) is 0 Å². The number of aliphatic hydroxyl groups excluding tert-OH is 1. The lowest BCUT2D eigenvalue weighted by molar-refractivity contribution is 0.0298. The van der Waals surface area contributed by atoms with E-state index in [0.29, 0.717) is 31.6 Å². The van der Waals surface area contributed by atoms with Gasteiger partial charge in [-0.2, -0.15) is 0 Å². The fraction of sp³-hybridized carbons (Fsp3) is 0.562. The van der Waals surface area contributed by atoms with Crippen molar-refractivity contribution >= 4 is 11.6 Å². The summed E-state index contributed by atoms with van der Waals surface area (Å²) in [7, 11) is 0. The van der Waals surface area contributed by atoms with Crippen molar-refractivity contribution in [1.29, 1.82) is 0 Å². The summed E-state index contributed by atoms with van der Waals surface area (Å²) in [5.41, 5.74) is 0.648. The van der Waals surface area contributed by atoms with Crippen molar-refractivity contribution in [3.63, 3.8) is 0 Å². The minimum atomic E-state index is -0.403. The second-order valence-electron chi connectivity index (χ2n) is 5.67. The number of halogens is 1. The van der Waals surface area contributed by atoms with E-state index in [-0.39, 0.29) is 23.6 Å². The summed E-state index contributed by atoms with van der Waals surface area (Å²) >= 11 is 0. The smallest absolute Gasteiger partial charge is 0.256 e. The first-order valence-electron chi connectivity index (χ1n) is 7.54. The molecule has 2 atom stereocenters. The Kier molecular flexibility index (Phi) is 5.17. The number of likely N-dealkylation sites (tertiary alicyclic amines) is 1. The van der Waals surface area contributed by atoms with Gasteiger partial charge in [0, 0.05) is 19.6 Å². The van der Waals surface area contributed by atoms with E-state index in [4.69, 9.17) is 0 Å². The van der Waals surface area contributed by atoms with Crippen LogP contribution in [0.3, 0.4) is 0 Å². The van der Waals surface area contributed by atoms with Crippen LogP contribution in [0.2, 0.25) is 0 Å². The van der Waals surface area contributed by atoms with Gasteiger partial charge in [0.25, 0.3) is 5.91 Å². The van der Waals surface area contributed by atoms with E-state index in [1.807, 2.05) is 13.8 Å². The molecular formula is C16H23FN2O2. The van der Waals surface area contributed by atoms with Gasteiger partial charge in [-0.3, -0.25) is 4.79 Å². The predicted octanol–water partition coefficient (Wildman–Crippen LogP) is 2.49. The molecular weight excluding hydrogens is 271 g/mol. The Hall–Kier alpha value is -1.62. The van der Waals surface area contributed by atoms with Crippen molar-refractivity contribution in [2.45, 2.75) is 32.8 Å². The number of nitrogens with zero attached hydrogens (tertiary/aromatic N) is 1. The fourth-order valence-corrected chi connectivity index (χ4v) is 2.62. The molecule has 0 aliphatic carbocycles. The summed E-state index contributed by atoms with van der Waals surface area (Å²) in [5.74, 6) is -0.533. The predicted molar refractivity (Wildman–Crippen MR) is 80.9 cm³/mol. The molecule has 1 saturated heterocycles. The van der Waals surface area contributed by atoms with Crippen molar-refractivity contribution < 1.29 is 14.3 Å². The molecule has 0 saturated carbocycles. The number of hydrogen-bond donors (Lipinski definition) is 2. The number of carbonyl (C=O) groups is 1. The quantitative estimate of drug-likeness (QED) is 0.897. The van der Waals surface area contributed by atoms with Gasteiger partial charge in [-0.25, -0.2) is 4.39 Å². The van der Waals surface area contributed by atoms with Gasteiger partial charge in [0.1, 0.15) is 5.82 Å². The van der Waals surface area contributed by atoms with Crippen LogP contribution in [-0.4, -0.2) is 41.7 Å². The standard InChI is InChI=1S/C16H23FN2O2/c1-3-8-18-15-12(5-4-6-13(15)17)16(21)19-9-7-14(20)11(2)10-19/h4-6,11,14,18,20H,3,7-10H2,1-2H3. The second kappa shape index (κ2) is 6.89. The summed E-state index contributed by atoms with van der Waals surface area (Å²) in [6, 6.07) is 4.57. The average Bonchev–Trinajstić information content (AvgIpc) is 2.48. The third-order valence-electron chi connectivity index (χ3n) is 3.94. The van der Waals surface area contributed by atoms with Gasteiger partial charge in [0.2, 0.25) is 0 Å². The third kappa shape index (κ3) is 3.53. The first-order chi connectivity index (χ1) is 10.0. The fourth-order valence-electron chi connectivity index (χ4n) is 2.62. The van der Waals surface area contributed by atoms with Crippen LogP contribution < -0.4 is 5.32 Å². The molecule has 1 fully saturated rings. The number of aliphatic hydroxyl groups is 1. The topological polar surface area (TPSA) is 52.6 Å². The molecule has 0 aromatic heterocycles. The number of anilines is 1. The number of amides is 1. The molecule has 1 aromatic carbocycles. The van der Waals surface area contributed by atoms with Crippen LogP contribution in [-0.2, 0) is 0 Å². The highest BCUT2D eigenvalue weighted by molar-refractivity contribution is 5.99. The zero-order valence-corrected chi connectivity index (χ0v) is 12.6. The molecule has 0 spiro atoms. The Morgan fingerprint density at radius 1 is 1.52 bits per heavy atom. The molecule has 2 unspecified atom stereocenters. The molecule has 0 bridgehead atoms. The average molecular weight is 294 g/mol. The number of rotatable bonds is 4. The molecule has 2 rings (SSSR count). The van der Waals surface area contributed by atoms with E-state index in [2.05, 4.69) is 5.32 Å². The van der Waals surface area contributed by atoms with Gasteiger partial charge in [-0.05, 0) is 30.9 Å². The summed E-state index contributed by atoms with van der Waals surface area (Å²) in [4.78, 5) is 14.3. The molecule has 4 nitrogen and oxygen atoms in total. The first-order valence-corrected chi connectivity index (χ1v) is 7.54. The Morgan fingerprint density at radius 2 is 2.29 bits per heavy atom. The summed E-state index contributed by atoms with van der Waals surface area (Å²) in [6.07, 6.45) is 1.06. The lowest BCUT2D eigenvalue weighted by Crippen LogP contribution is -2.45. The zero-order valence-electron chi connectivity index (χ0n) is 12.6. The van der Waals surface area contributed by atoms with Crippen LogP contribution >= 0.6 is 0 Å². The Balaban J connectivity index is 2.20. The van der Waals surface area contributed by atoms with E-state index in [9.17, 15) is 14.3 Å². The maximum Gasteiger partial charge on any atom is 0.256 e. The van der Waals surface area contributed by atoms with E-state index in [0.717, 1.165) is 6.42 Å². The van der Waals surface area contributed by atoms with Crippen LogP contribution in [0.5, 0.6) is 0 Å². The van der Waals surface area contributed by atoms with E-state index in [1.165, 1.54) is 6.07 Å². The van der Waals surface area contributed by atoms with E-state index < -0.39 is 5.82 Å². The Morgan fingerprint density at radius 3 is 2.95 bits per heavy atom. The molecule has 1 heterocycles. The Bertz CT molecular complexity index is 507. The molecule has 5 heteroatoms. The highest BCUT2D eigenvalue weighted by atomic mass is 19.1. The van der Waals surface area contributed by atoms with Crippen molar-refractivity contribution in [2.75, 3.05) is 25.0 Å². The number of piperidine rings is 1. The molecule has 1 aliphatic heterocycles. The lowest BCUT2D eigenvalue weighted by Gasteiger charge is -2.34. The largest absolute Gasteiger partial charge is 0.393 e. The normalized spacial score (nSPS) is 22.2. The van der Waals surface area contributed by atoms with Gasteiger partial charge in [-0.1, -0.05) is 19.9 Å². The van der Waals surface area contributed by atoms with Crippen molar-refractivity contribution in [2.24, 2.45) is 5.92 Å².